The summed E-state index contributed by atoms with van der Waals surface area (Å²) in [6.45, 7) is 2.91. The number of rotatable bonds is 15. The maximum absolute atomic E-state index is 16.1. The van der Waals surface area contributed by atoms with Gasteiger partial charge in [0.15, 0.2) is 71.0 Å². The number of esters is 2. The molecule has 23 nitrogen and oxygen atoms in total. The first-order valence-electron chi connectivity index (χ1n) is 24.4. The highest BCUT2D eigenvalue weighted by atomic mass is 31.2. The van der Waals surface area contributed by atoms with Crippen LogP contribution in [0, 0.1) is 0 Å². The van der Waals surface area contributed by atoms with E-state index in [1.165, 1.54) is 66.9 Å². The molecule has 3 N–H and O–H groups in total. The highest BCUT2D eigenvalue weighted by molar-refractivity contribution is 7.57. The molecular formula is C54H51F2N10O13P. The Labute approximate surface area is 454 Å². The van der Waals surface area contributed by atoms with E-state index < -0.39 is 80.6 Å². The van der Waals surface area contributed by atoms with Crippen LogP contribution in [0.3, 0.4) is 0 Å². The lowest BCUT2D eigenvalue weighted by Crippen LogP contribution is -2.33. The van der Waals surface area contributed by atoms with E-state index in [2.05, 4.69) is 40.5 Å². The van der Waals surface area contributed by atoms with Crippen molar-refractivity contribution in [2.24, 2.45) is 0 Å². The number of benzene rings is 4. The summed E-state index contributed by atoms with van der Waals surface area (Å²) >= 11 is 0. The van der Waals surface area contributed by atoms with Crippen molar-refractivity contribution in [1.29, 1.82) is 0 Å². The largest absolute Gasteiger partial charge is 0.481 e. The van der Waals surface area contributed by atoms with Gasteiger partial charge in [0.25, 0.3) is 17.8 Å². The summed E-state index contributed by atoms with van der Waals surface area (Å²) in [5.41, 5.74) is 2.31. The molecule has 0 unspecified atom stereocenters. The summed E-state index contributed by atoms with van der Waals surface area (Å²) in [5, 5.41) is 12.8. The highest BCUT2D eigenvalue weighted by Gasteiger charge is 2.50. The highest BCUT2D eigenvalue weighted by Crippen LogP contribution is 2.49. The number of carboxylic acids is 1. The van der Waals surface area contributed by atoms with Gasteiger partial charge >= 0.3 is 19.5 Å². The second-order valence-corrected chi connectivity index (χ2v) is 19.4. The number of aromatic nitrogens is 8. The van der Waals surface area contributed by atoms with E-state index in [9.17, 15) is 23.7 Å². The van der Waals surface area contributed by atoms with Crippen LogP contribution >= 0.6 is 7.60 Å². The smallest absolute Gasteiger partial charge is 0.353 e. The van der Waals surface area contributed by atoms with Gasteiger partial charge in [-0.3, -0.25) is 28.1 Å². The van der Waals surface area contributed by atoms with Gasteiger partial charge in [-0.1, -0.05) is 79.7 Å². The van der Waals surface area contributed by atoms with E-state index in [1.54, 1.807) is 103 Å². The Balaban J connectivity index is 0.000000199. The molecule has 2 saturated heterocycles. The quantitative estimate of drug-likeness (QED) is 0.0639. The molecule has 8 aromatic rings. The number of hydrogen-bond donors (Lipinski definition) is 3. The number of ether oxygens (including phenoxy) is 4. The number of hydrogen-bond acceptors (Lipinski definition) is 18. The van der Waals surface area contributed by atoms with Gasteiger partial charge < -0.3 is 43.7 Å². The standard InChI is InChI=1S/C27H25FN5O7P.C25H22FN5O4.C2H4O2/c1-37-41(36,38-2)14-13-19-22(40-27(35)18-11-7-4-8-12-18)20(28)26(39-19)33-16-31-21-23(29-15-30-24(21)33)32-25(34)17-9-5-3-6-10-17;1-2-17-20(35-25(33)16-11-7-4-8-12-16)18(26)24(34-17)31-14-29-19-21(27-13-28-22(19)31)30-23(32)15-9-5-3-6-10-15;1-2(3)4/h3-16,19-20,22,26H,1-2H3,(H,29,30,32,34);3-14,17-18,20,24H,2H2,1H3,(H,27,28,30,32);1H3,(H,3,4)/b14-13+;;/t19-,20-,22-,26-;17-,18-,20-,24-;/m11./s1. The lowest BCUT2D eigenvalue weighted by atomic mass is 10.1. The molecule has 0 saturated carbocycles. The number of nitrogens with zero attached hydrogens (tertiary/aromatic N) is 8. The molecule has 0 bridgehead atoms. The first-order valence-corrected chi connectivity index (χ1v) is 26.0. The van der Waals surface area contributed by atoms with Crippen molar-refractivity contribution in [1.82, 2.24) is 39.0 Å². The summed E-state index contributed by atoms with van der Waals surface area (Å²) in [6.07, 6.45) is -3.62. The number of aliphatic carboxylic acids is 1. The Morgan fingerprint density at radius 2 is 1.00 bits per heavy atom. The summed E-state index contributed by atoms with van der Waals surface area (Å²) in [7, 11) is -1.24. The molecule has 26 heteroatoms. The van der Waals surface area contributed by atoms with Crippen LogP contribution in [0.2, 0.25) is 0 Å². The van der Waals surface area contributed by atoms with Gasteiger partial charge in [-0.05, 0) is 61.0 Å². The summed E-state index contributed by atoms with van der Waals surface area (Å²) in [5.74, 6) is -1.59. The van der Waals surface area contributed by atoms with Crippen LogP contribution in [0.1, 0.15) is 74.2 Å². The molecule has 8 atom stereocenters. The molecule has 2 fully saturated rings. The SMILES string of the molecule is CC(=O)O.CC[C@H]1O[C@@H](n2cnc3c(NC(=O)c4ccccc4)ncnc32)[C@H](F)[C@@H]1OC(=O)c1ccccc1.COP(=O)(/C=C/[C@H]1O[C@@H](n2cnc3c(NC(=O)c4ccccc4)ncnc32)[C@H](F)[C@@H]1OC(=O)c1ccccc1)OC. The minimum atomic E-state index is -3.64. The van der Waals surface area contributed by atoms with Gasteiger partial charge in [-0.15, -0.1) is 0 Å². The van der Waals surface area contributed by atoms with Gasteiger partial charge in [0, 0.05) is 38.1 Å². The van der Waals surface area contributed by atoms with E-state index in [0.29, 0.717) is 23.1 Å². The number of halogens is 2. The van der Waals surface area contributed by atoms with E-state index in [4.69, 9.17) is 37.9 Å². The van der Waals surface area contributed by atoms with Gasteiger partial charge in [-0.2, -0.15) is 0 Å². The molecule has 6 heterocycles. The number of imidazole rings is 2. The molecule has 80 heavy (non-hydrogen) atoms. The molecule has 10 rings (SSSR count). The zero-order chi connectivity index (χ0) is 56.9. The van der Waals surface area contributed by atoms with E-state index >= 15 is 8.78 Å². The lowest BCUT2D eigenvalue weighted by Gasteiger charge is -2.18. The zero-order valence-corrected chi connectivity index (χ0v) is 43.9. The summed E-state index contributed by atoms with van der Waals surface area (Å²) in [6, 6.07) is 33.7. The third-order valence-corrected chi connectivity index (χ3v) is 13.7. The van der Waals surface area contributed by atoms with Crippen molar-refractivity contribution < 1.29 is 70.4 Å². The Morgan fingerprint density at radius 3 is 1.41 bits per heavy atom. The van der Waals surface area contributed by atoms with E-state index in [1.807, 2.05) is 13.0 Å². The number of fused-ring (bicyclic) bond motifs is 2. The predicted octanol–water partition coefficient (Wildman–Crippen LogP) is 8.58. The zero-order valence-electron chi connectivity index (χ0n) is 43.0. The minimum Gasteiger partial charge on any atom is -0.481 e. The molecule has 414 valence electrons. The Bertz CT molecular complexity index is 3520. The monoisotopic (exact) mass is 1120 g/mol. The topological polar surface area (TPSA) is 289 Å². The number of carbonyl (C=O) groups is 5. The molecule has 2 amide bonds. The number of anilines is 2. The molecule has 0 spiro atoms. The van der Waals surface area contributed by atoms with Crippen LogP contribution in [-0.4, -0.2) is 125 Å². The fraction of sp³-hybridized carbons (Fsp3) is 0.241. The third-order valence-electron chi connectivity index (χ3n) is 12.2. The second kappa shape index (κ2) is 26.1. The van der Waals surface area contributed by atoms with Crippen LogP contribution < -0.4 is 10.6 Å². The molecule has 0 aliphatic carbocycles. The normalized spacial score (nSPS) is 20.5. The van der Waals surface area contributed by atoms with Crippen molar-refractivity contribution >= 4 is 71.3 Å². The number of alkyl halides is 2. The molecule has 2 aliphatic heterocycles. The first-order chi connectivity index (χ1) is 38.6. The average Bonchev–Trinajstić information content (AvgIpc) is 4.39. The van der Waals surface area contributed by atoms with Gasteiger partial charge in [0.2, 0.25) is 0 Å². The average molecular weight is 1120 g/mol. The van der Waals surface area contributed by atoms with Crippen LogP contribution in [0.15, 0.2) is 159 Å². The third kappa shape index (κ3) is 13.3. The molecule has 4 aromatic carbocycles. The predicted molar refractivity (Wildman–Crippen MR) is 283 cm³/mol. The van der Waals surface area contributed by atoms with Crippen molar-refractivity contribution in [2.75, 3.05) is 24.9 Å². The number of carboxylic acid groups (broad SMARTS) is 1. The number of amides is 2. The molecule has 4 aromatic heterocycles. The Morgan fingerprint density at radius 1 is 0.613 bits per heavy atom. The Hall–Kier alpha value is -9.00. The molecular weight excluding hydrogens is 1070 g/mol. The van der Waals surface area contributed by atoms with Crippen molar-refractivity contribution in [3.8, 4) is 0 Å². The minimum absolute atomic E-state index is 0.112. The van der Waals surface area contributed by atoms with Crippen LogP contribution in [0.25, 0.3) is 22.3 Å². The Kier molecular flexibility index (Phi) is 18.7. The molecule has 2 aliphatic rings. The van der Waals surface area contributed by atoms with Gasteiger partial charge in [0.1, 0.15) is 24.9 Å². The number of carbonyl (C=O) groups excluding carboxylic acids is 4. The van der Waals surface area contributed by atoms with Gasteiger partial charge in [0.05, 0.1) is 23.8 Å². The second-order valence-electron chi connectivity index (χ2n) is 17.3. The first kappa shape index (κ1) is 57.2. The summed E-state index contributed by atoms with van der Waals surface area (Å²) < 4.78 is 79.8. The maximum atomic E-state index is 16.1. The number of nitrogens with one attached hydrogen (secondary N) is 2. The van der Waals surface area contributed by atoms with Crippen LogP contribution in [0.4, 0.5) is 20.4 Å². The van der Waals surface area contributed by atoms with Crippen molar-refractivity contribution in [3.63, 3.8) is 0 Å². The fourth-order valence-corrected chi connectivity index (χ4v) is 9.04. The fourth-order valence-electron chi connectivity index (χ4n) is 8.27. The van der Waals surface area contributed by atoms with E-state index in [0.717, 1.165) is 12.7 Å². The van der Waals surface area contributed by atoms with Crippen molar-refractivity contribution in [2.45, 2.75) is 69.5 Å². The lowest BCUT2D eigenvalue weighted by molar-refractivity contribution is -0.134. The van der Waals surface area contributed by atoms with Crippen molar-refractivity contribution in [3.05, 3.63) is 181 Å². The maximum Gasteiger partial charge on any atom is 0.353 e. The summed E-state index contributed by atoms with van der Waals surface area (Å²) in [4.78, 5) is 84.9. The van der Waals surface area contributed by atoms with Crippen LogP contribution in [0.5, 0.6) is 0 Å². The van der Waals surface area contributed by atoms with E-state index in [-0.39, 0.29) is 45.4 Å². The molecule has 0 radical (unpaired) electrons. The van der Waals surface area contributed by atoms with Gasteiger partial charge in [-0.25, -0.2) is 48.3 Å². The van der Waals surface area contributed by atoms with Crippen LogP contribution in [-0.2, 0) is 37.4 Å².